The summed E-state index contributed by atoms with van der Waals surface area (Å²) in [4.78, 5) is 26.2. The van der Waals surface area contributed by atoms with E-state index in [0.717, 1.165) is 18.6 Å². The third kappa shape index (κ3) is 5.50. The lowest BCUT2D eigenvalue weighted by Crippen LogP contribution is -2.43. The molecular formula is C24H28N2O6. The largest absolute Gasteiger partial charge is 0.490 e. The Labute approximate surface area is 187 Å². The number of ether oxygens (including phenoxy) is 4. The maximum absolute atomic E-state index is 12.5. The summed E-state index contributed by atoms with van der Waals surface area (Å²) in [7, 11) is 1.52. The molecule has 0 unspecified atom stereocenters. The molecule has 2 aliphatic rings. The van der Waals surface area contributed by atoms with Crippen LogP contribution in [0.15, 0.2) is 48.5 Å². The molecular weight excluding hydrogens is 412 g/mol. The number of benzene rings is 2. The van der Waals surface area contributed by atoms with E-state index in [1.807, 2.05) is 24.3 Å². The van der Waals surface area contributed by atoms with Crippen LogP contribution in [0, 0.1) is 0 Å². The monoisotopic (exact) mass is 440 g/mol. The normalized spacial score (nSPS) is 18.2. The molecule has 1 atom stereocenters. The Morgan fingerprint density at radius 3 is 2.50 bits per heavy atom. The zero-order chi connectivity index (χ0) is 22.3. The van der Waals surface area contributed by atoms with E-state index in [-0.39, 0.29) is 30.6 Å². The van der Waals surface area contributed by atoms with E-state index < -0.39 is 0 Å². The Balaban J connectivity index is 1.22. The first-order valence-electron chi connectivity index (χ1n) is 10.8. The van der Waals surface area contributed by atoms with Gasteiger partial charge in [-0.25, -0.2) is 0 Å². The number of rotatable bonds is 7. The fraction of sp³-hybridized carbons (Fsp3) is 0.417. The highest BCUT2D eigenvalue weighted by molar-refractivity contribution is 5.94. The molecule has 32 heavy (non-hydrogen) atoms. The molecule has 1 saturated heterocycles. The maximum Gasteiger partial charge on any atom is 0.251 e. The second-order valence-electron chi connectivity index (χ2n) is 7.86. The number of hydrogen-bond donors (Lipinski definition) is 1. The van der Waals surface area contributed by atoms with Crippen LogP contribution >= 0.6 is 0 Å². The minimum absolute atomic E-state index is 0.00992. The van der Waals surface area contributed by atoms with E-state index >= 15 is 0 Å². The minimum Gasteiger partial charge on any atom is -0.490 e. The molecule has 8 heteroatoms. The summed E-state index contributed by atoms with van der Waals surface area (Å²) in [6.07, 6.45) is 1.35. The molecule has 2 aliphatic heterocycles. The molecule has 2 heterocycles. The summed E-state index contributed by atoms with van der Waals surface area (Å²) in [5.41, 5.74) is 0.550. The maximum atomic E-state index is 12.5. The van der Waals surface area contributed by atoms with Crippen molar-refractivity contribution < 1.29 is 28.5 Å². The molecule has 4 rings (SSSR count). The highest BCUT2D eigenvalue weighted by atomic mass is 16.6. The number of hydrogen-bond acceptors (Lipinski definition) is 6. The van der Waals surface area contributed by atoms with E-state index in [0.29, 0.717) is 43.3 Å². The Kier molecular flexibility index (Phi) is 7.11. The lowest BCUT2D eigenvalue weighted by atomic mass is 10.1. The standard InChI is InChI=1S/C24H28N2O6/c1-29-16-23(27)26-12-10-19(11-13-26)31-18-8-6-17(7-9-18)24(28)25-14-20-15-30-21-4-2-3-5-22(21)32-20/h2-9,19-20H,10-16H2,1H3,(H,25,28)/t20-/m0/s1. The van der Waals surface area contributed by atoms with E-state index in [4.69, 9.17) is 18.9 Å². The summed E-state index contributed by atoms with van der Waals surface area (Å²) in [6.45, 7) is 2.17. The summed E-state index contributed by atoms with van der Waals surface area (Å²) < 4.78 is 22.5. The van der Waals surface area contributed by atoms with Crippen molar-refractivity contribution in [2.75, 3.05) is 40.0 Å². The predicted molar refractivity (Wildman–Crippen MR) is 117 cm³/mol. The van der Waals surface area contributed by atoms with Crippen molar-refractivity contribution in [1.82, 2.24) is 10.2 Å². The first-order chi connectivity index (χ1) is 15.6. The number of para-hydroxylation sites is 2. The minimum atomic E-state index is -0.238. The van der Waals surface area contributed by atoms with Gasteiger partial charge in [0.2, 0.25) is 5.91 Å². The summed E-state index contributed by atoms with van der Waals surface area (Å²) in [5.74, 6) is 1.95. The lowest BCUT2D eigenvalue weighted by Gasteiger charge is -2.32. The number of methoxy groups -OCH3 is 1. The number of fused-ring (bicyclic) bond motifs is 1. The molecule has 0 radical (unpaired) electrons. The van der Waals surface area contributed by atoms with Gasteiger partial charge in [-0.3, -0.25) is 9.59 Å². The zero-order valence-electron chi connectivity index (χ0n) is 18.1. The number of nitrogens with zero attached hydrogens (tertiary/aromatic N) is 1. The summed E-state index contributed by atoms with van der Waals surface area (Å²) in [5, 5.41) is 2.89. The van der Waals surface area contributed by atoms with Gasteiger partial charge < -0.3 is 29.2 Å². The Bertz CT molecular complexity index is 924. The Hall–Kier alpha value is -3.26. The third-order valence-electron chi connectivity index (χ3n) is 5.54. The number of nitrogens with one attached hydrogen (secondary N) is 1. The number of likely N-dealkylation sites (tertiary alicyclic amines) is 1. The van der Waals surface area contributed by atoms with E-state index in [9.17, 15) is 9.59 Å². The third-order valence-corrected chi connectivity index (χ3v) is 5.54. The quantitative estimate of drug-likeness (QED) is 0.711. The van der Waals surface area contributed by atoms with Crippen LogP contribution in [0.1, 0.15) is 23.2 Å². The Morgan fingerprint density at radius 1 is 1.06 bits per heavy atom. The lowest BCUT2D eigenvalue weighted by molar-refractivity contribution is -0.136. The molecule has 1 fully saturated rings. The molecule has 0 aliphatic carbocycles. The van der Waals surface area contributed by atoms with Gasteiger partial charge in [-0.15, -0.1) is 0 Å². The smallest absolute Gasteiger partial charge is 0.251 e. The van der Waals surface area contributed by atoms with Gasteiger partial charge in [0.05, 0.1) is 6.54 Å². The molecule has 8 nitrogen and oxygen atoms in total. The van der Waals surface area contributed by atoms with Crippen molar-refractivity contribution in [2.45, 2.75) is 25.0 Å². The number of amides is 2. The second kappa shape index (κ2) is 10.4. The highest BCUT2D eigenvalue weighted by Crippen LogP contribution is 2.30. The van der Waals surface area contributed by atoms with Crippen molar-refractivity contribution in [2.24, 2.45) is 0 Å². The van der Waals surface area contributed by atoms with Crippen molar-refractivity contribution in [1.29, 1.82) is 0 Å². The molecule has 2 aromatic rings. The van der Waals surface area contributed by atoms with Gasteiger partial charge in [0, 0.05) is 38.6 Å². The van der Waals surface area contributed by atoms with Crippen LogP contribution < -0.4 is 19.5 Å². The van der Waals surface area contributed by atoms with Gasteiger partial charge >= 0.3 is 0 Å². The Morgan fingerprint density at radius 2 is 1.78 bits per heavy atom. The number of piperidine rings is 1. The van der Waals surface area contributed by atoms with Gasteiger partial charge in [0.15, 0.2) is 11.5 Å². The molecule has 0 bridgehead atoms. The topological polar surface area (TPSA) is 86.3 Å². The van der Waals surface area contributed by atoms with Crippen LogP contribution in [0.3, 0.4) is 0 Å². The first kappa shape index (κ1) is 22.0. The SMILES string of the molecule is COCC(=O)N1CCC(Oc2ccc(C(=O)NC[C@H]3COc4ccccc4O3)cc2)CC1. The van der Waals surface area contributed by atoms with Gasteiger partial charge in [0.25, 0.3) is 5.91 Å². The molecule has 0 spiro atoms. The van der Waals surface area contributed by atoms with Gasteiger partial charge in [-0.05, 0) is 36.4 Å². The number of carbonyl (C=O) groups excluding carboxylic acids is 2. The number of carbonyl (C=O) groups is 2. The average Bonchev–Trinajstić information content (AvgIpc) is 2.83. The van der Waals surface area contributed by atoms with Crippen LogP contribution in [0.5, 0.6) is 17.2 Å². The molecule has 2 aromatic carbocycles. The van der Waals surface area contributed by atoms with Gasteiger partial charge in [-0.1, -0.05) is 12.1 Å². The van der Waals surface area contributed by atoms with Crippen molar-refractivity contribution in [3.63, 3.8) is 0 Å². The van der Waals surface area contributed by atoms with Crippen molar-refractivity contribution >= 4 is 11.8 Å². The van der Waals surface area contributed by atoms with E-state index in [1.54, 1.807) is 29.2 Å². The fourth-order valence-corrected chi connectivity index (χ4v) is 3.79. The summed E-state index contributed by atoms with van der Waals surface area (Å²) in [6, 6.07) is 14.6. The van der Waals surface area contributed by atoms with E-state index in [2.05, 4.69) is 5.32 Å². The molecule has 170 valence electrons. The van der Waals surface area contributed by atoms with Crippen molar-refractivity contribution in [3.05, 3.63) is 54.1 Å². The molecule has 0 aromatic heterocycles. The van der Waals surface area contributed by atoms with Crippen molar-refractivity contribution in [3.8, 4) is 17.2 Å². The van der Waals surface area contributed by atoms with Crippen LogP contribution in [-0.4, -0.2) is 68.9 Å². The molecule has 1 N–H and O–H groups in total. The van der Waals surface area contributed by atoms with Gasteiger partial charge in [-0.2, -0.15) is 0 Å². The van der Waals surface area contributed by atoms with Crippen LogP contribution in [-0.2, 0) is 9.53 Å². The predicted octanol–water partition coefficient (Wildman–Crippen LogP) is 2.27. The zero-order valence-corrected chi connectivity index (χ0v) is 18.1. The molecule has 2 amide bonds. The van der Waals surface area contributed by atoms with Crippen LogP contribution in [0.25, 0.3) is 0 Å². The van der Waals surface area contributed by atoms with Crippen LogP contribution in [0.4, 0.5) is 0 Å². The van der Waals surface area contributed by atoms with Crippen LogP contribution in [0.2, 0.25) is 0 Å². The summed E-state index contributed by atoms with van der Waals surface area (Å²) >= 11 is 0. The van der Waals surface area contributed by atoms with Gasteiger partial charge in [0.1, 0.15) is 31.2 Å². The average molecular weight is 440 g/mol. The fourth-order valence-electron chi connectivity index (χ4n) is 3.79. The highest BCUT2D eigenvalue weighted by Gasteiger charge is 2.24. The molecule has 0 saturated carbocycles. The first-order valence-corrected chi connectivity index (χ1v) is 10.8. The van der Waals surface area contributed by atoms with E-state index in [1.165, 1.54) is 7.11 Å². The second-order valence-corrected chi connectivity index (χ2v) is 7.86.